The molecule has 1 amide bonds. The predicted octanol–water partition coefficient (Wildman–Crippen LogP) is 3.23. The number of amides is 1. The molecule has 1 aliphatic heterocycles. The molecule has 1 fully saturated rings. The third-order valence-electron chi connectivity index (χ3n) is 4.66. The molecule has 0 spiro atoms. The Bertz CT molecular complexity index is 539. The zero-order chi connectivity index (χ0) is 16.5. The summed E-state index contributed by atoms with van der Waals surface area (Å²) >= 11 is 1.48. The summed E-state index contributed by atoms with van der Waals surface area (Å²) in [6.07, 6.45) is 2.43. The maximum Gasteiger partial charge on any atom is 0.268 e. The molecule has 1 saturated heterocycles. The molecule has 7 heteroatoms. The summed E-state index contributed by atoms with van der Waals surface area (Å²) in [4.78, 5) is 17.7. The van der Waals surface area contributed by atoms with Crippen molar-refractivity contribution in [2.24, 2.45) is 5.73 Å². The van der Waals surface area contributed by atoms with Crippen molar-refractivity contribution in [2.75, 3.05) is 18.0 Å². The number of carbonyl (C=O) groups excluding carboxylic acids is 1. The molecular formula is C15H27N3O2SSi. The van der Waals surface area contributed by atoms with Gasteiger partial charge in [0.2, 0.25) is 0 Å². The van der Waals surface area contributed by atoms with Crippen LogP contribution in [0.25, 0.3) is 0 Å². The molecule has 0 aromatic carbocycles. The van der Waals surface area contributed by atoms with Crippen LogP contribution in [0.3, 0.4) is 0 Å². The van der Waals surface area contributed by atoms with Crippen molar-refractivity contribution in [3.63, 3.8) is 0 Å². The smallest absolute Gasteiger partial charge is 0.268 e. The highest BCUT2D eigenvalue weighted by atomic mass is 32.1. The summed E-state index contributed by atoms with van der Waals surface area (Å²) in [7, 11) is -1.75. The molecule has 124 valence electrons. The number of primary amides is 1. The van der Waals surface area contributed by atoms with E-state index in [4.69, 9.17) is 10.2 Å². The second-order valence-electron chi connectivity index (χ2n) is 7.47. The number of piperidine rings is 1. The molecule has 1 aromatic heterocycles. The average Bonchev–Trinajstić information content (AvgIpc) is 2.86. The summed E-state index contributed by atoms with van der Waals surface area (Å²) < 4.78 is 6.53. The molecule has 0 unspecified atom stereocenters. The third kappa shape index (κ3) is 3.88. The summed E-state index contributed by atoms with van der Waals surface area (Å²) in [6.45, 7) is 13.2. The molecule has 0 saturated carbocycles. The topological polar surface area (TPSA) is 68.4 Å². The van der Waals surface area contributed by atoms with Crippen LogP contribution in [0.5, 0.6) is 0 Å². The minimum Gasteiger partial charge on any atom is -0.412 e. The number of aromatic nitrogens is 1. The van der Waals surface area contributed by atoms with E-state index in [0.717, 1.165) is 31.1 Å². The van der Waals surface area contributed by atoms with Crippen LogP contribution in [0.1, 0.15) is 44.1 Å². The van der Waals surface area contributed by atoms with Crippen LogP contribution in [0, 0.1) is 0 Å². The van der Waals surface area contributed by atoms with Gasteiger partial charge in [0.05, 0.1) is 6.10 Å². The number of nitrogens with zero attached hydrogens (tertiary/aromatic N) is 2. The van der Waals surface area contributed by atoms with Crippen molar-refractivity contribution in [3.8, 4) is 0 Å². The first kappa shape index (κ1) is 17.4. The van der Waals surface area contributed by atoms with Gasteiger partial charge in [-0.25, -0.2) is 4.98 Å². The Labute approximate surface area is 138 Å². The molecule has 1 aliphatic rings. The van der Waals surface area contributed by atoms with E-state index in [2.05, 4.69) is 43.7 Å². The van der Waals surface area contributed by atoms with Gasteiger partial charge in [0.1, 0.15) is 5.69 Å². The van der Waals surface area contributed by atoms with Gasteiger partial charge < -0.3 is 15.1 Å². The number of nitrogens with two attached hydrogens (primary N) is 1. The van der Waals surface area contributed by atoms with E-state index < -0.39 is 14.2 Å². The summed E-state index contributed by atoms with van der Waals surface area (Å²) in [5.41, 5.74) is 5.64. The number of anilines is 1. The Morgan fingerprint density at radius 1 is 1.50 bits per heavy atom. The monoisotopic (exact) mass is 341 g/mol. The van der Waals surface area contributed by atoms with Crippen molar-refractivity contribution in [1.82, 2.24) is 4.98 Å². The molecule has 0 radical (unpaired) electrons. The Hall–Kier alpha value is -0.923. The zero-order valence-corrected chi connectivity index (χ0v) is 16.0. The predicted molar refractivity (Wildman–Crippen MR) is 94.1 cm³/mol. The molecule has 1 atom stereocenters. The van der Waals surface area contributed by atoms with E-state index in [1.54, 1.807) is 5.38 Å². The quantitative estimate of drug-likeness (QED) is 0.854. The van der Waals surface area contributed by atoms with Crippen molar-refractivity contribution in [2.45, 2.75) is 57.8 Å². The summed E-state index contributed by atoms with van der Waals surface area (Å²) in [5.74, 6) is -0.464. The van der Waals surface area contributed by atoms with Crippen LogP contribution in [0.4, 0.5) is 5.13 Å². The molecule has 22 heavy (non-hydrogen) atoms. The van der Waals surface area contributed by atoms with Crippen molar-refractivity contribution in [1.29, 1.82) is 0 Å². The molecule has 2 rings (SSSR count). The lowest BCUT2D eigenvalue weighted by atomic mass is 10.1. The first-order chi connectivity index (χ1) is 10.1. The average molecular weight is 342 g/mol. The standard InChI is InChI=1S/C15H27N3O2SSi/c1-15(2,3)22(4,5)20-11-7-6-8-18(9-11)14-17-12(10-21-14)13(16)19/h10-11H,6-9H2,1-5H3,(H2,16,19)/t11-/m0/s1. The molecule has 0 aliphatic carbocycles. The number of carbonyl (C=O) groups is 1. The molecule has 5 nitrogen and oxygen atoms in total. The Balaban J connectivity index is 2.04. The van der Waals surface area contributed by atoms with Gasteiger partial charge >= 0.3 is 0 Å². The van der Waals surface area contributed by atoms with Gasteiger partial charge in [-0.2, -0.15) is 0 Å². The highest BCUT2D eigenvalue weighted by Crippen LogP contribution is 2.38. The van der Waals surface area contributed by atoms with Crippen LogP contribution in [0.15, 0.2) is 5.38 Å². The minimum absolute atomic E-state index is 0.218. The van der Waals surface area contributed by atoms with Gasteiger partial charge in [-0.05, 0) is 31.0 Å². The van der Waals surface area contributed by atoms with E-state index in [1.165, 1.54) is 11.3 Å². The lowest BCUT2D eigenvalue weighted by molar-refractivity contribution is 0.0996. The highest BCUT2D eigenvalue weighted by molar-refractivity contribution is 7.13. The Kier molecular flexibility index (Phi) is 4.99. The zero-order valence-electron chi connectivity index (χ0n) is 14.2. The van der Waals surface area contributed by atoms with Gasteiger partial charge in [-0.3, -0.25) is 4.79 Å². The molecule has 2 N–H and O–H groups in total. The maximum atomic E-state index is 11.2. The van der Waals surface area contributed by atoms with Gasteiger partial charge in [-0.1, -0.05) is 20.8 Å². The number of thiazole rings is 1. The van der Waals surface area contributed by atoms with Gasteiger partial charge in [0.15, 0.2) is 13.4 Å². The van der Waals surface area contributed by atoms with E-state index in [1.807, 2.05) is 0 Å². The van der Waals surface area contributed by atoms with Crippen molar-refractivity contribution >= 4 is 30.7 Å². The SMILES string of the molecule is CC(C)(C)[Si](C)(C)O[C@H]1CCCN(c2nc(C(N)=O)cs2)C1. The molecular weight excluding hydrogens is 314 g/mol. The highest BCUT2D eigenvalue weighted by Gasteiger charge is 2.40. The van der Waals surface area contributed by atoms with E-state index in [0.29, 0.717) is 5.69 Å². The van der Waals surface area contributed by atoms with Crippen LogP contribution < -0.4 is 10.6 Å². The Morgan fingerprint density at radius 2 is 2.18 bits per heavy atom. The maximum absolute atomic E-state index is 11.2. The summed E-state index contributed by atoms with van der Waals surface area (Å²) in [5, 5.41) is 2.82. The van der Waals surface area contributed by atoms with Crippen molar-refractivity contribution < 1.29 is 9.22 Å². The van der Waals surface area contributed by atoms with E-state index in [-0.39, 0.29) is 11.1 Å². The second-order valence-corrected chi connectivity index (χ2v) is 13.1. The van der Waals surface area contributed by atoms with Crippen LogP contribution in [-0.2, 0) is 4.43 Å². The molecule has 2 heterocycles. The summed E-state index contributed by atoms with van der Waals surface area (Å²) in [6, 6.07) is 0. The molecule has 1 aromatic rings. The van der Waals surface area contributed by atoms with Crippen LogP contribution >= 0.6 is 11.3 Å². The first-order valence-electron chi connectivity index (χ1n) is 7.78. The van der Waals surface area contributed by atoms with Gasteiger partial charge in [0.25, 0.3) is 5.91 Å². The number of rotatable bonds is 4. The van der Waals surface area contributed by atoms with Crippen LogP contribution in [0.2, 0.25) is 18.1 Å². The van der Waals surface area contributed by atoms with Gasteiger partial charge in [-0.15, -0.1) is 11.3 Å². The Morgan fingerprint density at radius 3 is 2.73 bits per heavy atom. The normalized spacial score (nSPS) is 20.2. The lowest BCUT2D eigenvalue weighted by Gasteiger charge is -2.42. The lowest BCUT2D eigenvalue weighted by Crippen LogP contribution is -2.49. The fraction of sp³-hybridized carbons (Fsp3) is 0.733. The van der Waals surface area contributed by atoms with E-state index >= 15 is 0 Å². The van der Waals surface area contributed by atoms with Crippen LogP contribution in [-0.4, -0.2) is 38.4 Å². The first-order valence-corrected chi connectivity index (χ1v) is 11.6. The third-order valence-corrected chi connectivity index (χ3v) is 10.1. The largest absolute Gasteiger partial charge is 0.412 e. The van der Waals surface area contributed by atoms with E-state index in [9.17, 15) is 4.79 Å². The fourth-order valence-corrected chi connectivity index (χ4v) is 4.56. The number of hydrogen-bond donors (Lipinski definition) is 1. The minimum atomic E-state index is -1.75. The molecule has 0 bridgehead atoms. The fourth-order valence-electron chi connectivity index (χ4n) is 2.32. The number of hydrogen-bond acceptors (Lipinski definition) is 5. The second kappa shape index (κ2) is 6.29. The van der Waals surface area contributed by atoms with Crippen molar-refractivity contribution in [3.05, 3.63) is 11.1 Å². The van der Waals surface area contributed by atoms with Gasteiger partial charge in [0, 0.05) is 18.5 Å².